The maximum Gasteiger partial charge on any atom is 0.333 e. The molecule has 20 nitrogen and oxygen atoms in total. The van der Waals surface area contributed by atoms with E-state index in [9.17, 15) is 38.4 Å². The number of carbonyl (C=O) groups is 8. The average molecular weight is 1460 g/mol. The molecule has 4 aliphatic carbocycles. The highest BCUT2D eigenvalue weighted by Gasteiger charge is 2.53. The lowest BCUT2D eigenvalue weighted by Gasteiger charge is -2.30. The van der Waals surface area contributed by atoms with E-state index >= 15 is 0 Å². The first-order valence-corrected chi connectivity index (χ1v) is 35.8. The fourth-order valence-corrected chi connectivity index (χ4v) is 14.0. The molecule has 0 atom stereocenters. The number of hydrogen-bond acceptors (Lipinski definition) is 20. The Morgan fingerprint density at radius 3 is 0.759 bits per heavy atom. The molecule has 2 spiro atoms. The summed E-state index contributed by atoms with van der Waals surface area (Å²) in [5, 5.41) is 0. The third-order valence-electron chi connectivity index (χ3n) is 18.6. The first kappa shape index (κ1) is 76.8. The Balaban J connectivity index is 0.000000215. The summed E-state index contributed by atoms with van der Waals surface area (Å²) in [5.41, 5.74) is 17.4. The smallest absolute Gasteiger partial charge is 0.333 e. The van der Waals surface area contributed by atoms with Gasteiger partial charge in [-0.05, 0) is 177 Å². The van der Waals surface area contributed by atoms with Gasteiger partial charge in [-0.25, -0.2) is 19.2 Å². The topological polar surface area (TPSA) is 247 Å². The van der Waals surface area contributed by atoms with E-state index < -0.39 is 58.6 Å². The van der Waals surface area contributed by atoms with Crippen molar-refractivity contribution in [2.45, 2.75) is 76.0 Å². The van der Waals surface area contributed by atoms with Crippen molar-refractivity contribution in [2.75, 3.05) is 79.3 Å². The Morgan fingerprint density at radius 2 is 0.519 bits per heavy atom. The molecule has 8 aromatic rings. The number of carbonyl (C=O) groups excluding carboxylic acids is 8. The van der Waals surface area contributed by atoms with E-state index in [0.717, 1.165) is 56.7 Å². The number of esters is 8. The van der Waals surface area contributed by atoms with Crippen molar-refractivity contribution in [1.29, 1.82) is 0 Å². The zero-order valence-corrected chi connectivity index (χ0v) is 60.5. The minimum atomic E-state index is -0.558. The van der Waals surface area contributed by atoms with Gasteiger partial charge in [0.1, 0.15) is 75.9 Å². The van der Waals surface area contributed by atoms with E-state index in [-0.39, 0.29) is 105 Å². The van der Waals surface area contributed by atoms with Gasteiger partial charge in [-0.1, -0.05) is 148 Å². The normalized spacial score (nSPS) is 12.4. The first-order valence-electron chi connectivity index (χ1n) is 35.8. The van der Waals surface area contributed by atoms with E-state index in [2.05, 4.69) is 148 Å². The quantitative estimate of drug-likeness (QED) is 0.0153. The molecule has 12 rings (SSSR count). The van der Waals surface area contributed by atoms with Gasteiger partial charge in [0.05, 0.1) is 37.3 Å². The summed E-state index contributed by atoms with van der Waals surface area (Å²) in [7, 11) is 0. The molecule has 0 saturated carbocycles. The predicted octanol–water partition coefficient (Wildman–Crippen LogP) is 14.6. The van der Waals surface area contributed by atoms with Crippen molar-refractivity contribution >= 4 is 47.8 Å². The lowest BCUT2D eigenvalue weighted by atomic mass is 9.70. The lowest BCUT2D eigenvalue weighted by Crippen LogP contribution is -2.25. The number of hydrogen-bond donors (Lipinski definition) is 0. The molecule has 108 heavy (non-hydrogen) atoms. The maximum absolute atomic E-state index is 12.2. The second-order valence-corrected chi connectivity index (χ2v) is 25.8. The second-order valence-electron chi connectivity index (χ2n) is 25.8. The molecule has 20 heteroatoms. The van der Waals surface area contributed by atoms with Crippen LogP contribution < -0.4 is 18.9 Å². The molecule has 556 valence electrons. The third-order valence-corrected chi connectivity index (χ3v) is 18.6. The van der Waals surface area contributed by atoms with Gasteiger partial charge in [0.2, 0.25) is 0 Å². The largest absolute Gasteiger partial charge is 0.490 e. The van der Waals surface area contributed by atoms with Gasteiger partial charge in [-0.2, -0.15) is 0 Å². The summed E-state index contributed by atoms with van der Waals surface area (Å²) in [6.45, 7) is 18.2. The van der Waals surface area contributed by atoms with E-state index in [4.69, 9.17) is 56.8 Å². The fourth-order valence-electron chi connectivity index (χ4n) is 14.0. The minimum absolute atomic E-state index is 0.0633. The summed E-state index contributed by atoms with van der Waals surface area (Å²) >= 11 is 0. The lowest BCUT2D eigenvalue weighted by molar-refractivity contribution is -0.146. The molecule has 0 amide bonds. The molecule has 0 bridgehead atoms. The Labute approximate surface area is 626 Å². The number of rotatable bonds is 36. The SMILES string of the molecule is C=C(C)C(=O)OCCCC(=O)OCCOc1ccc2c(c1)-c1cc(OCCOC(=O)CCCOC(=O)C(=C)C)ccc1C21c2ccccc2-c2ccccc21.C=CC(=O)OCCCC(=O)OCCOc1ccc2c(c1)-c1cc(OCCOC(=O)CCCOC(=O)C=C)ccc1C21c2ccccc2-c2ccccc21. The van der Waals surface area contributed by atoms with Gasteiger partial charge in [-0.3, -0.25) is 19.2 Å². The monoisotopic (exact) mass is 1460 g/mol. The number of ether oxygens (including phenoxy) is 12. The van der Waals surface area contributed by atoms with Crippen molar-refractivity contribution in [1.82, 2.24) is 0 Å². The molecule has 0 aliphatic heterocycles. The zero-order valence-electron chi connectivity index (χ0n) is 60.5. The molecular formula is C88H84O20. The van der Waals surface area contributed by atoms with E-state index in [0.29, 0.717) is 59.8 Å². The van der Waals surface area contributed by atoms with Crippen LogP contribution in [0.15, 0.2) is 219 Å². The van der Waals surface area contributed by atoms with Crippen LogP contribution in [-0.4, -0.2) is 127 Å². The van der Waals surface area contributed by atoms with Gasteiger partial charge in [0, 0.05) is 49.0 Å². The molecule has 0 aromatic heterocycles. The molecule has 4 aliphatic rings. The summed E-state index contributed by atoms with van der Waals surface area (Å²) < 4.78 is 65.5. The van der Waals surface area contributed by atoms with Gasteiger partial charge >= 0.3 is 47.8 Å². The van der Waals surface area contributed by atoms with Gasteiger partial charge in [-0.15, -0.1) is 0 Å². The molecule has 0 N–H and O–H groups in total. The van der Waals surface area contributed by atoms with Gasteiger partial charge in [0.15, 0.2) is 0 Å². The molecular weight excluding hydrogens is 1380 g/mol. The molecule has 0 fully saturated rings. The molecule has 0 heterocycles. The van der Waals surface area contributed by atoms with Crippen LogP contribution in [0.25, 0.3) is 44.5 Å². The van der Waals surface area contributed by atoms with Crippen molar-refractivity contribution in [3.63, 3.8) is 0 Å². The van der Waals surface area contributed by atoms with Crippen molar-refractivity contribution in [3.8, 4) is 67.5 Å². The average Bonchev–Trinajstić information content (AvgIpc) is 1.52. The van der Waals surface area contributed by atoms with Crippen molar-refractivity contribution < 1.29 is 95.2 Å². The van der Waals surface area contributed by atoms with Crippen LogP contribution in [0.3, 0.4) is 0 Å². The summed E-state index contributed by atoms with van der Waals surface area (Å²) in [5.74, 6) is -1.15. The maximum atomic E-state index is 12.2. The summed E-state index contributed by atoms with van der Waals surface area (Å²) in [6.07, 6.45) is 4.03. The van der Waals surface area contributed by atoms with E-state index in [1.165, 1.54) is 44.5 Å². The van der Waals surface area contributed by atoms with E-state index in [1.54, 1.807) is 13.8 Å². The van der Waals surface area contributed by atoms with Crippen molar-refractivity contribution in [2.24, 2.45) is 0 Å². The molecule has 0 saturated heterocycles. The summed E-state index contributed by atoms with van der Waals surface area (Å²) in [6, 6.07) is 58.3. The van der Waals surface area contributed by atoms with Crippen LogP contribution in [0.2, 0.25) is 0 Å². The Hall–Kier alpha value is -12.3. The first-order chi connectivity index (χ1) is 52.5. The highest BCUT2D eigenvalue weighted by atomic mass is 16.6. The fraction of sp³-hybridized carbons (Fsp3) is 0.273. The number of benzene rings is 8. The molecule has 0 unspecified atom stereocenters. The molecule has 8 aromatic carbocycles. The van der Waals surface area contributed by atoms with Crippen LogP contribution in [0, 0.1) is 0 Å². The Kier molecular flexibility index (Phi) is 25.7. The Bertz CT molecular complexity index is 4450. The second kappa shape index (κ2) is 36.1. The third kappa shape index (κ3) is 17.3. The number of fused-ring (bicyclic) bond motifs is 20. The van der Waals surface area contributed by atoms with Crippen LogP contribution in [-0.2, 0) is 87.1 Å². The van der Waals surface area contributed by atoms with Crippen LogP contribution >= 0.6 is 0 Å². The zero-order chi connectivity index (χ0) is 76.2. The highest BCUT2D eigenvalue weighted by Crippen LogP contribution is 2.65. The van der Waals surface area contributed by atoms with Crippen LogP contribution in [0.1, 0.15) is 110 Å². The predicted molar refractivity (Wildman–Crippen MR) is 402 cm³/mol. The Morgan fingerprint density at radius 1 is 0.287 bits per heavy atom. The highest BCUT2D eigenvalue weighted by molar-refractivity contribution is 5.98. The summed E-state index contributed by atoms with van der Waals surface area (Å²) in [4.78, 5) is 94.1. The van der Waals surface area contributed by atoms with Gasteiger partial charge < -0.3 is 56.8 Å². The standard InChI is InChI=1S/C45H44O10.C43H40O10/c1-29(2)43(48)54-21-9-15-41(46)52-25-23-50-31-17-19-39-35(27-31)36-28-32(51-24-26-53-42(47)16-10-22-55-44(49)30(3)4)18-20-40(36)45(39)37-13-7-5-11-33(37)34-12-6-8-14-38(34)45;1-3-39(44)50-21-9-15-41(46)52-25-23-48-29-17-19-37-33(27-29)34-28-30(49-24-26-53-42(47)16-10-22-51-40(45)4-2)18-20-38(34)43(37)35-13-7-5-11-31(35)32-12-6-8-14-36(32)43/h5-8,11-14,17-20,27-28H,1,3,9-10,15-16,21-26H2,2,4H3;3-8,11-14,17-20,27-28H,1-2,9-10,15-16,21-26H2. The van der Waals surface area contributed by atoms with Gasteiger partial charge in [0.25, 0.3) is 0 Å². The van der Waals surface area contributed by atoms with E-state index in [1.807, 2.05) is 48.5 Å². The van der Waals surface area contributed by atoms with Crippen LogP contribution in [0.5, 0.6) is 23.0 Å². The molecule has 0 radical (unpaired) electrons. The van der Waals surface area contributed by atoms with Crippen LogP contribution in [0.4, 0.5) is 0 Å². The van der Waals surface area contributed by atoms with Crippen molar-refractivity contribution in [3.05, 3.63) is 264 Å². The minimum Gasteiger partial charge on any atom is -0.490 e.